The zero-order chi connectivity index (χ0) is 30.7. The summed E-state index contributed by atoms with van der Waals surface area (Å²) in [5, 5.41) is 3.26. The highest BCUT2D eigenvalue weighted by atomic mass is 19.1. The van der Waals surface area contributed by atoms with Crippen molar-refractivity contribution in [3.8, 4) is 28.4 Å². The van der Waals surface area contributed by atoms with Gasteiger partial charge in [0.2, 0.25) is 18.1 Å². The molecule has 0 bridgehead atoms. The number of carbonyl (C=O) groups excluding carboxylic acids is 1. The number of carbonyl (C=O) groups is 1. The Kier molecular flexibility index (Phi) is 8.56. The molecule has 11 nitrogen and oxygen atoms in total. The predicted octanol–water partition coefficient (Wildman–Crippen LogP) is 4.12. The van der Waals surface area contributed by atoms with Crippen molar-refractivity contribution < 1.29 is 23.4 Å². The molecule has 0 saturated carbocycles. The summed E-state index contributed by atoms with van der Waals surface area (Å²) in [5.41, 5.74) is 2.70. The number of H-pyrrole nitrogens is 1. The first-order valence-electron chi connectivity index (χ1n) is 14.6. The van der Waals surface area contributed by atoms with E-state index in [1.165, 1.54) is 12.1 Å². The van der Waals surface area contributed by atoms with Crippen LogP contribution in [0.2, 0.25) is 0 Å². The van der Waals surface area contributed by atoms with Gasteiger partial charge in [-0.1, -0.05) is 12.1 Å². The molecule has 0 unspecified atom stereocenters. The molecular formula is C32H36FN7O4. The molecule has 2 aromatic heterocycles. The van der Waals surface area contributed by atoms with Crippen LogP contribution in [0.15, 0.2) is 60.8 Å². The van der Waals surface area contributed by atoms with E-state index in [2.05, 4.69) is 27.2 Å². The first-order valence-corrected chi connectivity index (χ1v) is 14.6. The number of halogens is 1. The number of anilines is 1. The summed E-state index contributed by atoms with van der Waals surface area (Å²) in [6, 6.07) is 15.6. The topological polar surface area (TPSA) is 118 Å². The molecule has 2 N–H and O–H groups in total. The van der Waals surface area contributed by atoms with E-state index < -0.39 is 11.7 Å². The third kappa shape index (κ3) is 6.42. The maximum atomic E-state index is 13.8. The van der Waals surface area contributed by atoms with Crippen molar-refractivity contribution in [3.05, 3.63) is 78.0 Å². The number of methoxy groups -OCH3 is 1. The SMILES string of the molecule is COc1ccc(CNc2nccc(-c3[nH]c(C4OCC(C)(C(=O)N5CCN(C)CC5)CO4)nc3-c3ccc(F)cc3)n2)cc1. The second-order valence-electron chi connectivity index (χ2n) is 11.4. The van der Waals surface area contributed by atoms with E-state index in [0.29, 0.717) is 54.1 Å². The quantitative estimate of drug-likeness (QED) is 0.308. The number of imidazole rings is 1. The number of piperazine rings is 1. The van der Waals surface area contributed by atoms with Crippen LogP contribution in [-0.4, -0.2) is 89.2 Å². The van der Waals surface area contributed by atoms with Gasteiger partial charge < -0.3 is 34.3 Å². The molecule has 2 aliphatic heterocycles. The van der Waals surface area contributed by atoms with Crippen LogP contribution in [0.1, 0.15) is 24.6 Å². The average Bonchev–Trinajstić information content (AvgIpc) is 3.50. The highest BCUT2D eigenvalue weighted by molar-refractivity contribution is 5.83. The molecule has 2 fully saturated rings. The molecule has 230 valence electrons. The molecule has 2 saturated heterocycles. The van der Waals surface area contributed by atoms with Crippen molar-refractivity contribution in [1.82, 2.24) is 29.7 Å². The molecule has 2 aromatic carbocycles. The van der Waals surface area contributed by atoms with Gasteiger partial charge in [0.05, 0.1) is 42.8 Å². The van der Waals surface area contributed by atoms with Gasteiger partial charge in [0.15, 0.2) is 5.82 Å². The number of amides is 1. The molecule has 12 heteroatoms. The van der Waals surface area contributed by atoms with Gasteiger partial charge in [-0.25, -0.2) is 19.3 Å². The smallest absolute Gasteiger partial charge is 0.233 e. The van der Waals surface area contributed by atoms with Gasteiger partial charge in [-0.05, 0) is 62.0 Å². The van der Waals surface area contributed by atoms with Gasteiger partial charge in [-0.3, -0.25) is 4.79 Å². The molecule has 6 rings (SSSR count). The monoisotopic (exact) mass is 601 g/mol. The summed E-state index contributed by atoms with van der Waals surface area (Å²) in [6.45, 7) is 5.84. The Labute approximate surface area is 255 Å². The summed E-state index contributed by atoms with van der Waals surface area (Å²) < 4.78 is 31.3. The molecule has 0 radical (unpaired) electrons. The van der Waals surface area contributed by atoms with E-state index in [1.54, 1.807) is 31.5 Å². The summed E-state index contributed by atoms with van der Waals surface area (Å²) in [6.07, 6.45) is 0.849. The number of hydrogen-bond donors (Lipinski definition) is 2. The van der Waals surface area contributed by atoms with Crippen molar-refractivity contribution in [2.75, 3.05) is 58.9 Å². The van der Waals surface area contributed by atoms with Crippen LogP contribution < -0.4 is 10.1 Å². The number of rotatable bonds is 8. The third-order valence-corrected chi connectivity index (χ3v) is 8.00. The lowest BCUT2D eigenvalue weighted by Gasteiger charge is -2.41. The van der Waals surface area contributed by atoms with Crippen molar-refractivity contribution in [2.45, 2.75) is 19.8 Å². The molecule has 44 heavy (non-hydrogen) atoms. The molecule has 0 atom stereocenters. The fraction of sp³-hybridized carbons (Fsp3) is 0.375. The molecule has 0 spiro atoms. The Morgan fingerprint density at radius 3 is 2.43 bits per heavy atom. The lowest BCUT2D eigenvalue weighted by molar-refractivity contribution is -0.234. The predicted molar refractivity (Wildman–Crippen MR) is 162 cm³/mol. The molecule has 4 heterocycles. The average molecular weight is 602 g/mol. The standard InChI is InChI=1S/C32H36FN7O4/c1-32(30(41)40-16-14-39(2)15-17-40)19-43-29(44-20-32)28-37-26(22-6-8-23(33)9-7-22)27(38-28)25-12-13-34-31(36-25)35-18-21-4-10-24(42-3)11-5-21/h4-13,29H,14-20H2,1-3H3,(H,37,38)(H,34,35,36). The highest BCUT2D eigenvalue weighted by Crippen LogP contribution is 2.36. The number of likely N-dealkylation sites (N-methyl/N-ethyl adjacent to an activating group) is 1. The first kappa shape index (κ1) is 29.7. The minimum Gasteiger partial charge on any atom is -0.497 e. The van der Waals surface area contributed by atoms with Crippen LogP contribution in [0.4, 0.5) is 10.3 Å². The maximum Gasteiger partial charge on any atom is 0.233 e. The second kappa shape index (κ2) is 12.7. The van der Waals surface area contributed by atoms with Crippen molar-refractivity contribution in [2.24, 2.45) is 5.41 Å². The summed E-state index contributed by atoms with van der Waals surface area (Å²) in [4.78, 5) is 34.7. The van der Waals surface area contributed by atoms with Gasteiger partial charge in [0, 0.05) is 44.5 Å². The van der Waals surface area contributed by atoms with E-state index in [-0.39, 0.29) is 24.9 Å². The van der Waals surface area contributed by atoms with E-state index in [0.717, 1.165) is 24.4 Å². The number of hydrogen-bond acceptors (Lipinski definition) is 9. The minimum absolute atomic E-state index is 0.0341. The third-order valence-electron chi connectivity index (χ3n) is 8.00. The molecular weight excluding hydrogens is 565 g/mol. The van der Waals surface area contributed by atoms with E-state index in [4.69, 9.17) is 24.2 Å². The van der Waals surface area contributed by atoms with Crippen molar-refractivity contribution in [1.29, 1.82) is 0 Å². The summed E-state index contributed by atoms with van der Waals surface area (Å²) in [7, 11) is 3.69. The molecule has 1 amide bonds. The second-order valence-corrected chi connectivity index (χ2v) is 11.4. The largest absolute Gasteiger partial charge is 0.497 e. The Bertz CT molecular complexity index is 1580. The Balaban J connectivity index is 1.22. The van der Waals surface area contributed by atoms with E-state index in [1.807, 2.05) is 36.1 Å². The van der Waals surface area contributed by atoms with Crippen LogP contribution >= 0.6 is 0 Å². The van der Waals surface area contributed by atoms with Crippen LogP contribution in [0.3, 0.4) is 0 Å². The molecule has 0 aliphatic carbocycles. The number of nitrogens with one attached hydrogen (secondary N) is 2. The fourth-order valence-electron chi connectivity index (χ4n) is 5.29. The lowest BCUT2D eigenvalue weighted by atomic mass is 9.90. The summed E-state index contributed by atoms with van der Waals surface area (Å²) in [5.74, 6) is 1.34. The Morgan fingerprint density at radius 1 is 1.05 bits per heavy atom. The van der Waals surface area contributed by atoms with Gasteiger partial charge in [0.25, 0.3) is 0 Å². The zero-order valence-corrected chi connectivity index (χ0v) is 25.0. The lowest BCUT2D eigenvalue weighted by Crippen LogP contribution is -2.55. The van der Waals surface area contributed by atoms with Crippen LogP contribution in [0.25, 0.3) is 22.6 Å². The van der Waals surface area contributed by atoms with Crippen LogP contribution in [-0.2, 0) is 20.8 Å². The highest BCUT2D eigenvalue weighted by Gasteiger charge is 2.43. The number of nitrogens with zero attached hydrogens (tertiary/aromatic N) is 5. The Hall–Kier alpha value is -4.39. The van der Waals surface area contributed by atoms with Crippen LogP contribution in [0, 0.1) is 11.2 Å². The van der Waals surface area contributed by atoms with Crippen LogP contribution in [0.5, 0.6) is 5.75 Å². The molecule has 2 aliphatic rings. The number of aromatic amines is 1. The van der Waals surface area contributed by atoms with Gasteiger partial charge in [-0.15, -0.1) is 0 Å². The van der Waals surface area contributed by atoms with Gasteiger partial charge in [0.1, 0.15) is 11.6 Å². The number of benzene rings is 2. The first-order chi connectivity index (χ1) is 21.3. The normalized spacial score (nSPS) is 20.8. The van der Waals surface area contributed by atoms with Crippen molar-refractivity contribution >= 4 is 11.9 Å². The fourth-order valence-corrected chi connectivity index (χ4v) is 5.29. The Morgan fingerprint density at radius 2 is 1.75 bits per heavy atom. The van der Waals surface area contributed by atoms with Gasteiger partial charge in [-0.2, -0.15) is 0 Å². The van der Waals surface area contributed by atoms with Crippen molar-refractivity contribution in [3.63, 3.8) is 0 Å². The zero-order valence-electron chi connectivity index (χ0n) is 25.0. The maximum absolute atomic E-state index is 13.8. The molecule has 4 aromatic rings. The number of aromatic nitrogens is 4. The van der Waals surface area contributed by atoms with Gasteiger partial charge >= 0.3 is 0 Å². The van der Waals surface area contributed by atoms with E-state index >= 15 is 0 Å². The summed E-state index contributed by atoms with van der Waals surface area (Å²) >= 11 is 0. The number of ether oxygens (including phenoxy) is 3. The van der Waals surface area contributed by atoms with E-state index in [9.17, 15) is 9.18 Å². The minimum atomic E-state index is -0.814.